The lowest BCUT2D eigenvalue weighted by Gasteiger charge is -2.39. The van der Waals surface area contributed by atoms with Gasteiger partial charge in [-0.15, -0.1) is 0 Å². The number of carbonyl (C=O) groups excluding carboxylic acids is 3. The van der Waals surface area contributed by atoms with Crippen LogP contribution >= 0.6 is 0 Å². The first kappa shape index (κ1) is 32.6. The van der Waals surface area contributed by atoms with Gasteiger partial charge in [0.05, 0.1) is 48.9 Å². The van der Waals surface area contributed by atoms with E-state index in [0.29, 0.717) is 44.9 Å². The average Bonchev–Trinajstić information content (AvgIpc) is 3.70. The normalized spacial score (nSPS) is 23.2. The van der Waals surface area contributed by atoms with E-state index in [1.54, 1.807) is 38.5 Å². The Bertz CT molecular complexity index is 2180. The number of imide groups is 1. The van der Waals surface area contributed by atoms with Crippen molar-refractivity contribution in [3.05, 3.63) is 160 Å². The number of hydrogen-bond donors (Lipinski definition) is 0. The van der Waals surface area contributed by atoms with Gasteiger partial charge in [-0.25, -0.2) is 4.90 Å². The molecular weight excluding hydrogens is 660 g/mol. The van der Waals surface area contributed by atoms with Crippen molar-refractivity contribution < 1.29 is 33.5 Å². The Morgan fingerprint density at radius 2 is 1.04 bits per heavy atom. The van der Waals surface area contributed by atoms with Gasteiger partial charge in [-0.05, 0) is 63.7 Å². The lowest BCUT2D eigenvalue weighted by Crippen LogP contribution is -2.45. The summed E-state index contributed by atoms with van der Waals surface area (Å²) in [5.41, 5.74) is -0.0744. The number of rotatable bonds is 9. The summed E-state index contributed by atoms with van der Waals surface area (Å²) in [6.45, 7) is 0. The molecule has 2 fully saturated rings. The molecule has 2 amide bonds. The van der Waals surface area contributed by atoms with Crippen LogP contribution in [0.1, 0.15) is 22.3 Å². The SMILES string of the molecule is COc1ccc(C2=C(c3ccc(OC)cc3)[C@@]3(c4ccccc4)C(=O)[C@@]2(c2ccccc2)[C@@H]2C(=O)N(c4cc([N+](=O)[O-])ccc4OC)C(=O)[C@@H]23)cc1. The van der Waals surface area contributed by atoms with Crippen LogP contribution in [0, 0.1) is 22.0 Å². The van der Waals surface area contributed by atoms with Crippen LogP contribution in [0.2, 0.25) is 0 Å². The third-order valence-corrected chi connectivity index (χ3v) is 10.8. The molecule has 10 heteroatoms. The van der Waals surface area contributed by atoms with E-state index in [-0.39, 0.29) is 22.9 Å². The average molecular weight is 693 g/mol. The molecule has 0 unspecified atom stereocenters. The Hall–Kier alpha value is -6.55. The summed E-state index contributed by atoms with van der Waals surface area (Å²) in [4.78, 5) is 59.1. The Kier molecular flexibility index (Phi) is 7.56. The Morgan fingerprint density at radius 3 is 1.42 bits per heavy atom. The fourth-order valence-corrected chi connectivity index (χ4v) is 8.84. The zero-order chi connectivity index (χ0) is 36.4. The molecule has 5 aromatic rings. The number of ketones is 1. The second-order valence-electron chi connectivity index (χ2n) is 13.0. The van der Waals surface area contributed by atoms with Crippen molar-refractivity contribution >= 4 is 40.1 Å². The zero-order valence-electron chi connectivity index (χ0n) is 28.4. The minimum absolute atomic E-state index is 0.0589. The number of allylic oxidation sites excluding steroid dienone is 2. The third kappa shape index (κ3) is 4.21. The largest absolute Gasteiger partial charge is 0.497 e. The van der Waals surface area contributed by atoms with E-state index < -0.39 is 39.4 Å². The lowest BCUT2D eigenvalue weighted by atomic mass is 9.59. The standard InChI is InChI=1S/C42H32N2O8/c1-50-30-19-14-25(15-20-30)34-35(26-16-21-31(51-2)22-17-26)42(28-12-8-5-9-13-28)37-36(41(34,40(42)47)27-10-6-4-7-11-27)38(45)43(39(37)46)32-24-29(44(48)49)18-23-33(32)52-3/h4-24,36-37H,1-3H3/t36-,37+,41-,42-/m1/s1. The van der Waals surface area contributed by atoms with Crippen molar-refractivity contribution in [3.63, 3.8) is 0 Å². The van der Waals surface area contributed by atoms with Crippen molar-refractivity contribution in [1.29, 1.82) is 0 Å². The van der Waals surface area contributed by atoms with Gasteiger partial charge in [0.2, 0.25) is 11.8 Å². The van der Waals surface area contributed by atoms with Gasteiger partial charge in [0, 0.05) is 12.1 Å². The van der Waals surface area contributed by atoms with E-state index >= 15 is 14.4 Å². The van der Waals surface area contributed by atoms with E-state index in [9.17, 15) is 10.1 Å². The van der Waals surface area contributed by atoms with Gasteiger partial charge in [-0.2, -0.15) is 0 Å². The van der Waals surface area contributed by atoms with Crippen LogP contribution in [0.25, 0.3) is 11.1 Å². The number of hydrogen-bond acceptors (Lipinski definition) is 8. The molecule has 4 atom stereocenters. The highest BCUT2D eigenvalue weighted by Crippen LogP contribution is 2.74. The van der Waals surface area contributed by atoms with E-state index in [0.717, 1.165) is 4.90 Å². The quantitative estimate of drug-likeness (QED) is 0.0938. The van der Waals surface area contributed by atoms with Crippen molar-refractivity contribution in [2.24, 2.45) is 11.8 Å². The van der Waals surface area contributed by atoms with Crippen LogP contribution in [-0.2, 0) is 25.2 Å². The molecule has 2 aliphatic carbocycles. The summed E-state index contributed by atoms with van der Waals surface area (Å²) in [6.07, 6.45) is 0. The number of anilines is 1. The van der Waals surface area contributed by atoms with Crippen LogP contribution < -0.4 is 19.1 Å². The number of carbonyl (C=O) groups is 3. The molecule has 8 rings (SSSR count). The van der Waals surface area contributed by atoms with Gasteiger partial charge >= 0.3 is 0 Å². The van der Waals surface area contributed by atoms with Crippen molar-refractivity contribution in [2.75, 3.05) is 26.2 Å². The predicted octanol–water partition coefficient (Wildman–Crippen LogP) is 6.81. The molecule has 0 spiro atoms. The van der Waals surface area contributed by atoms with Crippen LogP contribution in [-0.4, -0.2) is 43.9 Å². The van der Waals surface area contributed by atoms with Crippen molar-refractivity contribution in [2.45, 2.75) is 10.8 Å². The Morgan fingerprint density at radius 1 is 0.596 bits per heavy atom. The van der Waals surface area contributed by atoms with Gasteiger partial charge in [0.25, 0.3) is 5.69 Å². The maximum atomic E-state index is 16.1. The van der Waals surface area contributed by atoms with E-state index in [4.69, 9.17) is 14.2 Å². The molecule has 1 saturated carbocycles. The number of nitro groups is 1. The maximum Gasteiger partial charge on any atom is 0.271 e. The fraction of sp³-hybridized carbons (Fsp3) is 0.167. The molecule has 258 valence electrons. The van der Waals surface area contributed by atoms with Gasteiger partial charge in [0.15, 0.2) is 5.78 Å². The molecule has 0 N–H and O–H groups in total. The van der Waals surface area contributed by atoms with Gasteiger partial charge in [0.1, 0.15) is 22.9 Å². The molecule has 10 nitrogen and oxygen atoms in total. The summed E-state index contributed by atoms with van der Waals surface area (Å²) in [5.74, 6) is -2.73. The Balaban J connectivity index is 1.53. The summed E-state index contributed by atoms with van der Waals surface area (Å²) >= 11 is 0. The molecule has 5 aromatic carbocycles. The first-order valence-corrected chi connectivity index (χ1v) is 16.6. The highest BCUT2D eigenvalue weighted by Gasteiger charge is 2.83. The topological polar surface area (TPSA) is 125 Å². The minimum atomic E-state index is -1.67. The molecule has 3 aliphatic rings. The minimum Gasteiger partial charge on any atom is -0.497 e. The third-order valence-electron chi connectivity index (χ3n) is 10.8. The molecule has 1 saturated heterocycles. The molecule has 0 radical (unpaired) electrons. The van der Waals surface area contributed by atoms with Crippen LogP contribution in [0.3, 0.4) is 0 Å². The smallest absolute Gasteiger partial charge is 0.271 e. The molecular formula is C42H32N2O8. The number of benzene rings is 5. The van der Waals surface area contributed by atoms with Gasteiger partial charge < -0.3 is 14.2 Å². The Labute approximate surface area is 299 Å². The fourth-order valence-electron chi connectivity index (χ4n) is 8.84. The number of nitro benzene ring substituents is 1. The lowest BCUT2D eigenvalue weighted by molar-refractivity contribution is -0.384. The van der Waals surface area contributed by atoms with E-state index in [2.05, 4.69) is 0 Å². The number of non-ortho nitro benzene ring substituents is 1. The molecule has 52 heavy (non-hydrogen) atoms. The van der Waals surface area contributed by atoms with Crippen LogP contribution in [0.5, 0.6) is 17.2 Å². The highest BCUT2D eigenvalue weighted by molar-refractivity contribution is 6.39. The first-order valence-electron chi connectivity index (χ1n) is 16.6. The summed E-state index contributed by atoms with van der Waals surface area (Å²) in [7, 11) is 4.50. The number of methoxy groups -OCH3 is 3. The van der Waals surface area contributed by atoms with E-state index in [1.165, 1.54) is 25.3 Å². The highest BCUT2D eigenvalue weighted by atomic mass is 16.6. The van der Waals surface area contributed by atoms with Crippen molar-refractivity contribution in [3.8, 4) is 17.2 Å². The number of nitrogens with zero attached hydrogens (tertiary/aromatic N) is 2. The number of ether oxygens (including phenoxy) is 3. The number of Topliss-reactive ketones (excluding diaryl/α,β-unsaturated/α-hetero) is 1. The molecule has 1 heterocycles. The van der Waals surface area contributed by atoms with E-state index in [1.807, 2.05) is 84.9 Å². The maximum absolute atomic E-state index is 16.1. The van der Waals surface area contributed by atoms with Crippen LogP contribution in [0.15, 0.2) is 127 Å². The molecule has 0 aromatic heterocycles. The monoisotopic (exact) mass is 692 g/mol. The second kappa shape index (κ2) is 12.1. The zero-order valence-corrected chi connectivity index (χ0v) is 28.4. The first-order chi connectivity index (χ1) is 25.2. The van der Waals surface area contributed by atoms with Crippen molar-refractivity contribution in [1.82, 2.24) is 0 Å². The van der Waals surface area contributed by atoms with Crippen LogP contribution in [0.4, 0.5) is 11.4 Å². The number of fused-ring (bicyclic) bond motifs is 5. The molecule has 2 bridgehead atoms. The van der Waals surface area contributed by atoms with Gasteiger partial charge in [-0.1, -0.05) is 84.9 Å². The van der Waals surface area contributed by atoms with Gasteiger partial charge in [-0.3, -0.25) is 24.5 Å². The second-order valence-corrected chi connectivity index (χ2v) is 13.0. The summed E-state index contributed by atoms with van der Waals surface area (Å²) in [6, 6.07) is 36.7. The summed E-state index contributed by atoms with van der Waals surface area (Å²) in [5, 5.41) is 12.0. The summed E-state index contributed by atoms with van der Waals surface area (Å²) < 4.78 is 16.6. The predicted molar refractivity (Wildman–Crippen MR) is 193 cm³/mol. The number of amides is 2. The molecule has 1 aliphatic heterocycles.